The van der Waals surface area contributed by atoms with Gasteiger partial charge in [0.15, 0.2) is 5.92 Å². The van der Waals surface area contributed by atoms with Crippen LogP contribution in [-0.2, 0) is 19.1 Å². The Morgan fingerprint density at radius 3 is 1.73 bits per heavy atom. The number of ether oxygens (including phenoxy) is 2. The molecule has 0 bridgehead atoms. The van der Waals surface area contributed by atoms with Gasteiger partial charge in [-0.15, -0.1) is 0 Å². The van der Waals surface area contributed by atoms with Gasteiger partial charge in [0.1, 0.15) is 0 Å². The number of allylic oxidation sites excluding steroid dienone is 4. The molecule has 1 aliphatic rings. The van der Waals surface area contributed by atoms with Gasteiger partial charge in [-0.05, 0) is 32.6 Å². The maximum atomic E-state index is 11.9. The molecule has 26 heavy (non-hydrogen) atoms. The molecule has 0 atom stereocenters. The largest absolute Gasteiger partial charge is 0.465 e. The van der Waals surface area contributed by atoms with E-state index in [-0.39, 0.29) is 0 Å². The van der Waals surface area contributed by atoms with Crippen molar-refractivity contribution < 1.29 is 19.1 Å². The van der Waals surface area contributed by atoms with Crippen LogP contribution < -0.4 is 0 Å². The van der Waals surface area contributed by atoms with Crippen molar-refractivity contribution in [2.24, 2.45) is 11.8 Å². The minimum absolute atomic E-state index is 0.294. The summed E-state index contributed by atoms with van der Waals surface area (Å²) in [6.07, 6.45) is 20.1. The van der Waals surface area contributed by atoms with Crippen molar-refractivity contribution in [3.8, 4) is 0 Å². The summed E-state index contributed by atoms with van der Waals surface area (Å²) in [7, 11) is 0. The zero-order valence-electron chi connectivity index (χ0n) is 16.6. The SMILES string of the molecule is CCOC(=O)C(CCCCCCCCCCC1C=CC=C1)C(=O)OCC. The number of esters is 2. The molecule has 1 aliphatic carbocycles. The Morgan fingerprint density at radius 1 is 0.769 bits per heavy atom. The molecule has 0 aromatic carbocycles. The van der Waals surface area contributed by atoms with Crippen molar-refractivity contribution in [2.45, 2.75) is 78.1 Å². The molecule has 0 aromatic heterocycles. The van der Waals surface area contributed by atoms with E-state index in [2.05, 4.69) is 24.3 Å². The lowest BCUT2D eigenvalue weighted by atomic mass is 9.99. The van der Waals surface area contributed by atoms with Crippen LogP contribution in [0.15, 0.2) is 24.3 Å². The summed E-state index contributed by atoms with van der Waals surface area (Å²) in [6.45, 7) is 4.09. The highest BCUT2D eigenvalue weighted by atomic mass is 16.6. The molecule has 0 N–H and O–H groups in total. The van der Waals surface area contributed by atoms with E-state index in [1.54, 1.807) is 13.8 Å². The van der Waals surface area contributed by atoms with Crippen molar-refractivity contribution in [3.05, 3.63) is 24.3 Å². The van der Waals surface area contributed by atoms with Gasteiger partial charge < -0.3 is 9.47 Å². The summed E-state index contributed by atoms with van der Waals surface area (Å²) in [4.78, 5) is 23.8. The summed E-state index contributed by atoms with van der Waals surface area (Å²) < 4.78 is 9.99. The molecular formula is C22H36O4. The number of unbranched alkanes of at least 4 members (excludes halogenated alkanes) is 7. The Kier molecular flexibility index (Phi) is 12.6. The van der Waals surface area contributed by atoms with Crippen LogP contribution in [0.3, 0.4) is 0 Å². The van der Waals surface area contributed by atoms with Crippen molar-refractivity contribution in [2.75, 3.05) is 13.2 Å². The fourth-order valence-corrected chi connectivity index (χ4v) is 3.28. The third-order valence-corrected chi connectivity index (χ3v) is 4.75. The molecule has 0 aliphatic heterocycles. The average Bonchev–Trinajstić information content (AvgIpc) is 3.13. The molecule has 0 spiro atoms. The van der Waals surface area contributed by atoms with Crippen LogP contribution in [0.4, 0.5) is 0 Å². The van der Waals surface area contributed by atoms with Crippen molar-refractivity contribution in [1.29, 1.82) is 0 Å². The highest BCUT2D eigenvalue weighted by molar-refractivity contribution is 5.94. The van der Waals surface area contributed by atoms with Crippen LogP contribution in [0.1, 0.15) is 78.1 Å². The van der Waals surface area contributed by atoms with Crippen molar-refractivity contribution in [1.82, 2.24) is 0 Å². The molecule has 0 saturated carbocycles. The lowest BCUT2D eigenvalue weighted by Crippen LogP contribution is -2.28. The summed E-state index contributed by atoms with van der Waals surface area (Å²) in [5.41, 5.74) is 0. The standard InChI is InChI=1S/C22H36O4/c1-3-25-21(23)20(22(24)26-4-2)18-12-10-8-6-5-7-9-11-15-19-16-13-14-17-19/h13-14,16-17,19-20H,3-12,15,18H2,1-2H3. The Labute approximate surface area is 159 Å². The smallest absolute Gasteiger partial charge is 0.320 e. The van der Waals surface area contributed by atoms with E-state index < -0.39 is 17.9 Å². The Balaban J connectivity index is 2.02. The topological polar surface area (TPSA) is 52.6 Å². The maximum absolute atomic E-state index is 11.9. The monoisotopic (exact) mass is 364 g/mol. The van der Waals surface area contributed by atoms with E-state index in [1.165, 1.54) is 38.5 Å². The van der Waals surface area contributed by atoms with Crippen LogP contribution in [0.5, 0.6) is 0 Å². The van der Waals surface area contributed by atoms with Crippen LogP contribution in [0, 0.1) is 11.8 Å². The molecule has 148 valence electrons. The minimum atomic E-state index is -0.756. The van der Waals surface area contributed by atoms with Crippen molar-refractivity contribution >= 4 is 11.9 Å². The molecule has 0 radical (unpaired) electrons. The number of hydrogen-bond donors (Lipinski definition) is 0. The number of carbonyl (C=O) groups is 2. The second-order valence-electron chi connectivity index (χ2n) is 6.90. The van der Waals surface area contributed by atoms with E-state index in [0.29, 0.717) is 25.6 Å². The first-order chi connectivity index (χ1) is 12.7. The minimum Gasteiger partial charge on any atom is -0.465 e. The molecular weight excluding hydrogens is 328 g/mol. The molecule has 0 unspecified atom stereocenters. The maximum Gasteiger partial charge on any atom is 0.320 e. The lowest BCUT2D eigenvalue weighted by Gasteiger charge is -2.14. The van der Waals surface area contributed by atoms with E-state index in [0.717, 1.165) is 19.3 Å². The van der Waals surface area contributed by atoms with Crippen molar-refractivity contribution in [3.63, 3.8) is 0 Å². The summed E-state index contributed by atoms with van der Waals surface area (Å²) in [6, 6.07) is 0. The summed E-state index contributed by atoms with van der Waals surface area (Å²) >= 11 is 0. The zero-order chi connectivity index (χ0) is 19.0. The van der Waals surface area contributed by atoms with Gasteiger partial charge in [-0.1, -0.05) is 75.7 Å². The van der Waals surface area contributed by atoms with Crippen LogP contribution in [-0.4, -0.2) is 25.2 Å². The van der Waals surface area contributed by atoms with Gasteiger partial charge >= 0.3 is 11.9 Å². The molecule has 0 heterocycles. The first kappa shape index (κ1) is 22.5. The number of carbonyl (C=O) groups excluding carboxylic acids is 2. The second-order valence-corrected chi connectivity index (χ2v) is 6.90. The predicted molar refractivity (Wildman–Crippen MR) is 105 cm³/mol. The first-order valence-corrected chi connectivity index (χ1v) is 10.4. The van der Waals surface area contributed by atoms with Gasteiger partial charge in [-0.3, -0.25) is 9.59 Å². The molecule has 0 aromatic rings. The molecule has 0 fully saturated rings. The highest BCUT2D eigenvalue weighted by Crippen LogP contribution is 2.19. The molecule has 0 saturated heterocycles. The molecule has 4 heteroatoms. The summed E-state index contributed by atoms with van der Waals surface area (Å²) in [5, 5.41) is 0. The van der Waals surface area contributed by atoms with E-state index in [1.807, 2.05) is 0 Å². The second kappa shape index (κ2) is 14.6. The summed E-state index contributed by atoms with van der Waals surface area (Å²) in [5.74, 6) is -0.980. The Bertz CT molecular complexity index is 423. The Morgan fingerprint density at radius 2 is 1.23 bits per heavy atom. The van der Waals surface area contributed by atoms with Gasteiger partial charge in [0, 0.05) is 0 Å². The fraction of sp³-hybridized carbons (Fsp3) is 0.727. The number of hydrogen-bond acceptors (Lipinski definition) is 4. The van der Waals surface area contributed by atoms with Gasteiger partial charge in [-0.2, -0.15) is 0 Å². The van der Waals surface area contributed by atoms with E-state index in [4.69, 9.17) is 9.47 Å². The predicted octanol–water partition coefficient (Wildman–Crippen LogP) is 5.37. The van der Waals surface area contributed by atoms with Gasteiger partial charge in [0.25, 0.3) is 0 Å². The van der Waals surface area contributed by atoms with E-state index in [9.17, 15) is 9.59 Å². The highest BCUT2D eigenvalue weighted by Gasteiger charge is 2.28. The first-order valence-electron chi connectivity index (χ1n) is 10.4. The Hall–Kier alpha value is -1.58. The fourth-order valence-electron chi connectivity index (χ4n) is 3.28. The zero-order valence-corrected chi connectivity index (χ0v) is 16.6. The molecule has 4 nitrogen and oxygen atoms in total. The van der Waals surface area contributed by atoms with Crippen LogP contribution in [0.25, 0.3) is 0 Å². The van der Waals surface area contributed by atoms with Gasteiger partial charge in [-0.25, -0.2) is 0 Å². The third-order valence-electron chi connectivity index (χ3n) is 4.75. The third kappa shape index (κ3) is 9.79. The lowest BCUT2D eigenvalue weighted by molar-refractivity contribution is -0.161. The molecule has 1 rings (SSSR count). The van der Waals surface area contributed by atoms with Gasteiger partial charge in [0.2, 0.25) is 0 Å². The quantitative estimate of drug-likeness (QED) is 0.223. The van der Waals surface area contributed by atoms with Gasteiger partial charge in [0.05, 0.1) is 13.2 Å². The number of rotatable bonds is 15. The van der Waals surface area contributed by atoms with Crippen LogP contribution >= 0.6 is 0 Å². The normalized spacial score (nSPS) is 13.5. The van der Waals surface area contributed by atoms with E-state index >= 15 is 0 Å². The van der Waals surface area contributed by atoms with Crippen LogP contribution in [0.2, 0.25) is 0 Å². The molecule has 0 amide bonds. The average molecular weight is 365 g/mol.